The van der Waals surface area contributed by atoms with Gasteiger partial charge in [-0.3, -0.25) is 0 Å². The Labute approximate surface area is 568 Å². The predicted molar refractivity (Wildman–Crippen MR) is 401 cm³/mol. The molecule has 17 aromatic rings. The number of hydrogen-bond donors (Lipinski definition) is 0. The summed E-state index contributed by atoms with van der Waals surface area (Å²) in [5.74, 6) is 3.66. The first-order chi connectivity index (χ1) is 47.6. The molecule has 0 amide bonds. The zero-order chi connectivity index (χ0) is 65.2. The summed E-state index contributed by atoms with van der Waals surface area (Å²) in [5.41, 5.74) is 15.7. The van der Waals surface area contributed by atoms with Crippen LogP contribution in [0.2, 0.25) is 0 Å². The van der Waals surface area contributed by atoms with Gasteiger partial charge < -0.3 is 18.1 Å². The fraction of sp³-hybridized carbons (Fsp3) is 0.0805. The van der Waals surface area contributed by atoms with Gasteiger partial charge in [-0.05, 0) is 124 Å². The Morgan fingerprint density at radius 1 is 0.255 bits per heavy atom. The molecule has 10 nitrogen and oxygen atoms in total. The first kappa shape index (κ1) is 60.9. The van der Waals surface area contributed by atoms with E-state index >= 15 is 0 Å². The van der Waals surface area contributed by atoms with E-state index in [1.54, 1.807) is 0 Å². The third-order valence-electron chi connectivity index (χ3n) is 18.9. The third-order valence-corrected chi connectivity index (χ3v) is 18.9. The van der Waals surface area contributed by atoms with Gasteiger partial charge in [0, 0.05) is 54.9 Å². The Hall–Kier alpha value is -12.0. The summed E-state index contributed by atoms with van der Waals surface area (Å²) in [6.45, 7) is 8.25. The Kier molecular flexibility index (Phi) is 15.5. The molecule has 1 saturated heterocycles. The Morgan fingerprint density at radius 2 is 0.622 bits per heavy atom. The Bertz CT molecular complexity index is 5730. The third kappa shape index (κ3) is 11.0. The molecule has 0 radical (unpaired) electrons. The molecule has 0 atom stereocenters. The topological polar surface area (TPSA) is 122 Å². The molecule has 470 valence electrons. The van der Waals surface area contributed by atoms with Crippen LogP contribution in [0.3, 0.4) is 0 Å². The predicted octanol–water partition coefficient (Wildman–Crippen LogP) is 21.8. The lowest BCUT2D eigenvalue weighted by atomic mass is 9.78. The van der Waals surface area contributed by atoms with Gasteiger partial charge in [0.2, 0.25) is 0 Å². The monoisotopic (exact) mass is 1270 g/mol. The lowest BCUT2D eigenvalue weighted by molar-refractivity contribution is 0.00578. The molecule has 1 fully saturated rings. The second kappa shape index (κ2) is 25.0. The summed E-state index contributed by atoms with van der Waals surface area (Å²) in [5, 5.41) is 8.87. The van der Waals surface area contributed by atoms with Crippen LogP contribution in [0.15, 0.2) is 306 Å². The molecule has 11 heteroatoms. The van der Waals surface area contributed by atoms with Crippen LogP contribution >= 0.6 is 0 Å². The highest BCUT2D eigenvalue weighted by Gasteiger charge is 2.52. The molecule has 4 aromatic heterocycles. The highest BCUT2D eigenvalue weighted by molar-refractivity contribution is 6.62. The lowest BCUT2D eigenvalue weighted by Crippen LogP contribution is -2.41. The van der Waals surface area contributed by atoms with Gasteiger partial charge in [-0.2, -0.15) is 0 Å². The van der Waals surface area contributed by atoms with Crippen molar-refractivity contribution in [2.24, 2.45) is 0 Å². The molecule has 18 rings (SSSR count). The molecule has 0 bridgehead atoms. The molecule has 0 aliphatic carbocycles. The summed E-state index contributed by atoms with van der Waals surface area (Å²) in [4.78, 5) is 29.9. The van der Waals surface area contributed by atoms with Gasteiger partial charge in [0.25, 0.3) is 0 Å². The molecule has 1 aliphatic heterocycles. The largest absolute Gasteiger partial charge is 0.494 e. The molecule has 1 aliphatic rings. The SMILES string of the molecule is C.CC1(C)OB(c2ccc3oc4cccc(-c5nc(-c6ccccc6)nc(-c6ccccc6)n5)c4c3c2)OC1(C)C.c1ccc(-c2nc(-c3ccccc3)nc(-c3cccc4oc5ccc(-c6ccccc6-c6ccccc6-c6cc7ccccc7c7ccccc67)cc5c34)n2)cc1. The average molecular weight is 1270 g/mol. The van der Waals surface area contributed by atoms with E-state index in [0.29, 0.717) is 34.9 Å². The van der Waals surface area contributed by atoms with Crippen LogP contribution in [0.4, 0.5) is 0 Å². The molecule has 5 heterocycles. The summed E-state index contributed by atoms with van der Waals surface area (Å²) < 4.78 is 25.5. The lowest BCUT2D eigenvalue weighted by Gasteiger charge is -2.32. The van der Waals surface area contributed by atoms with E-state index in [2.05, 4.69) is 161 Å². The minimum Gasteiger partial charge on any atom is -0.456 e. The van der Waals surface area contributed by atoms with Crippen molar-refractivity contribution in [2.45, 2.75) is 46.3 Å². The number of furan rings is 2. The molecule has 0 saturated carbocycles. The van der Waals surface area contributed by atoms with E-state index in [1.807, 2.05) is 164 Å². The Balaban J connectivity index is 0.000000161. The molecule has 98 heavy (non-hydrogen) atoms. The summed E-state index contributed by atoms with van der Waals surface area (Å²) >= 11 is 0. The fourth-order valence-corrected chi connectivity index (χ4v) is 13.4. The van der Waals surface area contributed by atoms with Gasteiger partial charge in [0.15, 0.2) is 34.9 Å². The zero-order valence-electron chi connectivity index (χ0n) is 53.7. The van der Waals surface area contributed by atoms with Crippen molar-refractivity contribution < 1.29 is 18.1 Å². The van der Waals surface area contributed by atoms with Gasteiger partial charge in [0.1, 0.15) is 22.3 Å². The van der Waals surface area contributed by atoms with Crippen molar-refractivity contribution in [1.29, 1.82) is 0 Å². The zero-order valence-corrected chi connectivity index (χ0v) is 53.7. The van der Waals surface area contributed by atoms with Crippen LogP contribution in [-0.2, 0) is 9.31 Å². The van der Waals surface area contributed by atoms with Crippen LogP contribution in [0.5, 0.6) is 0 Å². The maximum atomic E-state index is 6.53. The first-order valence-corrected chi connectivity index (χ1v) is 32.7. The van der Waals surface area contributed by atoms with Gasteiger partial charge in [-0.1, -0.05) is 268 Å². The number of benzene rings is 13. The maximum Gasteiger partial charge on any atom is 0.494 e. The van der Waals surface area contributed by atoms with Crippen LogP contribution in [-0.4, -0.2) is 48.2 Å². The van der Waals surface area contributed by atoms with E-state index in [4.69, 9.17) is 48.0 Å². The molecule has 0 spiro atoms. The second-order valence-corrected chi connectivity index (χ2v) is 25.5. The minimum atomic E-state index is -0.474. The van der Waals surface area contributed by atoms with E-state index in [0.717, 1.165) is 99.4 Å². The van der Waals surface area contributed by atoms with Gasteiger partial charge in [0.05, 0.1) is 11.2 Å². The number of aromatic nitrogens is 6. The standard InChI is InChI=1S/C53H33N3O.C33H28BN3O3.CH4/c1-3-16-34(17-4-1)51-54-52(35-18-5-2-6-19-35)56-53(55-51)45-28-15-29-49-50(45)47-33-37(30-31-48(47)57-49)39-22-9-10-23-40(39)42-25-12-14-27-44(42)46-32-36-20-7-8-21-38(36)41-24-11-13-26-43(41)46;1-32(2)33(3,4)40-34(39-32)23-18-19-26-25(20-23)28-24(16-11-17-27(28)38-26)31-36-29(21-12-7-5-8-13-21)35-30(37-31)22-14-9-6-10-15-22;/h1-33H;5-20H,1-4H3;1H4. The number of fused-ring (bicyclic) bond motifs is 9. The van der Waals surface area contributed by atoms with Crippen LogP contribution in [0.1, 0.15) is 35.1 Å². The van der Waals surface area contributed by atoms with Crippen molar-refractivity contribution in [3.05, 3.63) is 297 Å². The van der Waals surface area contributed by atoms with Crippen LogP contribution in [0, 0.1) is 0 Å². The quantitative estimate of drug-likeness (QED) is 0.0966. The average Bonchev–Trinajstić information content (AvgIpc) is 1.49. The van der Waals surface area contributed by atoms with E-state index < -0.39 is 18.3 Å². The molecular formula is C87H65BN6O4. The van der Waals surface area contributed by atoms with E-state index in [1.165, 1.54) is 38.2 Å². The van der Waals surface area contributed by atoms with Crippen molar-refractivity contribution in [1.82, 2.24) is 29.9 Å². The van der Waals surface area contributed by atoms with Crippen molar-refractivity contribution >= 4 is 78.0 Å². The van der Waals surface area contributed by atoms with Gasteiger partial charge >= 0.3 is 7.12 Å². The highest BCUT2D eigenvalue weighted by Crippen LogP contribution is 2.46. The summed E-state index contributed by atoms with van der Waals surface area (Å²) in [6, 6.07) is 102. The highest BCUT2D eigenvalue weighted by atomic mass is 16.7. The minimum absolute atomic E-state index is 0. The fourth-order valence-electron chi connectivity index (χ4n) is 13.4. The second-order valence-electron chi connectivity index (χ2n) is 25.5. The molecule has 13 aromatic carbocycles. The van der Waals surface area contributed by atoms with Crippen LogP contribution in [0.25, 0.3) is 167 Å². The summed E-state index contributed by atoms with van der Waals surface area (Å²) in [7, 11) is -0.474. The molecular weight excluding hydrogens is 1200 g/mol. The molecule has 0 N–H and O–H groups in total. The Morgan fingerprint density at radius 3 is 1.11 bits per heavy atom. The normalized spacial score (nSPS) is 13.3. The van der Waals surface area contributed by atoms with Gasteiger partial charge in [-0.15, -0.1) is 0 Å². The van der Waals surface area contributed by atoms with Crippen molar-refractivity contribution in [2.75, 3.05) is 0 Å². The number of hydrogen-bond acceptors (Lipinski definition) is 10. The van der Waals surface area contributed by atoms with E-state index in [9.17, 15) is 0 Å². The maximum absolute atomic E-state index is 6.53. The molecule has 0 unspecified atom stereocenters. The number of nitrogens with zero attached hydrogens (tertiary/aromatic N) is 6. The van der Waals surface area contributed by atoms with Crippen molar-refractivity contribution in [3.63, 3.8) is 0 Å². The number of rotatable bonds is 10. The van der Waals surface area contributed by atoms with Gasteiger partial charge in [-0.25, -0.2) is 29.9 Å². The van der Waals surface area contributed by atoms with Crippen LogP contribution < -0.4 is 5.46 Å². The summed E-state index contributed by atoms with van der Waals surface area (Å²) in [6.07, 6.45) is 0. The first-order valence-electron chi connectivity index (χ1n) is 32.7. The van der Waals surface area contributed by atoms with E-state index in [-0.39, 0.29) is 7.43 Å². The van der Waals surface area contributed by atoms with Crippen molar-refractivity contribution in [3.8, 4) is 102 Å². The smallest absolute Gasteiger partial charge is 0.456 e.